The number of rotatable bonds is 3. The Morgan fingerprint density at radius 3 is 2.18 bits per heavy atom. The van der Waals surface area contributed by atoms with Crippen molar-refractivity contribution in [3.63, 3.8) is 0 Å². The molecule has 0 fully saturated rings. The predicted molar refractivity (Wildman–Crippen MR) is 88.4 cm³/mol. The van der Waals surface area contributed by atoms with Gasteiger partial charge in [0.1, 0.15) is 0 Å². The summed E-state index contributed by atoms with van der Waals surface area (Å²) in [6.07, 6.45) is 1.06. The van der Waals surface area contributed by atoms with Gasteiger partial charge in [0, 0.05) is 17.5 Å². The Labute approximate surface area is 135 Å². The van der Waals surface area contributed by atoms with Crippen LogP contribution in [0.2, 0.25) is 5.02 Å². The molecule has 0 aliphatic rings. The predicted octanol–water partition coefficient (Wildman–Crippen LogP) is 3.61. The molecule has 0 heterocycles. The zero-order chi connectivity index (χ0) is 16.5. The van der Waals surface area contributed by atoms with E-state index in [4.69, 9.17) is 11.6 Å². The number of aryl methyl sites for hydroxylation is 2. The van der Waals surface area contributed by atoms with Crippen LogP contribution in [-0.2, 0) is 9.84 Å². The first kappa shape index (κ1) is 16.5. The summed E-state index contributed by atoms with van der Waals surface area (Å²) in [4.78, 5) is 12.2. The summed E-state index contributed by atoms with van der Waals surface area (Å²) < 4.78 is 23.3. The second kappa shape index (κ2) is 6.10. The number of carbonyl (C=O) groups excluding carboxylic acids is 1. The maximum Gasteiger partial charge on any atom is 0.255 e. The number of sulfone groups is 1. The first-order valence-corrected chi connectivity index (χ1v) is 8.83. The molecule has 6 heteroatoms. The van der Waals surface area contributed by atoms with Gasteiger partial charge >= 0.3 is 0 Å². The van der Waals surface area contributed by atoms with Crippen molar-refractivity contribution >= 4 is 33.0 Å². The number of hydrogen-bond donors (Lipinski definition) is 1. The van der Waals surface area contributed by atoms with Crippen molar-refractivity contribution in [2.45, 2.75) is 18.7 Å². The Morgan fingerprint density at radius 1 is 1.05 bits per heavy atom. The lowest BCUT2D eigenvalue weighted by molar-refractivity contribution is 0.102. The van der Waals surface area contributed by atoms with E-state index in [2.05, 4.69) is 5.32 Å². The topological polar surface area (TPSA) is 63.2 Å². The van der Waals surface area contributed by atoms with Crippen LogP contribution in [0, 0.1) is 13.8 Å². The van der Waals surface area contributed by atoms with E-state index < -0.39 is 9.84 Å². The van der Waals surface area contributed by atoms with E-state index in [1.54, 1.807) is 0 Å². The van der Waals surface area contributed by atoms with Gasteiger partial charge in [-0.15, -0.1) is 0 Å². The SMILES string of the molecule is Cc1cc(C)cc(NC(=O)c2ccc(Cl)c(S(C)(=O)=O)c2)c1. The number of carbonyl (C=O) groups is 1. The minimum absolute atomic E-state index is 0.0535. The maximum atomic E-state index is 12.3. The number of anilines is 1. The molecule has 22 heavy (non-hydrogen) atoms. The van der Waals surface area contributed by atoms with E-state index in [0.29, 0.717) is 5.69 Å². The monoisotopic (exact) mass is 337 g/mol. The molecule has 0 aromatic heterocycles. The molecule has 2 aromatic carbocycles. The highest BCUT2D eigenvalue weighted by molar-refractivity contribution is 7.90. The van der Waals surface area contributed by atoms with Gasteiger partial charge in [-0.2, -0.15) is 0 Å². The van der Waals surface area contributed by atoms with Crippen LogP contribution >= 0.6 is 11.6 Å². The molecule has 0 saturated heterocycles. The van der Waals surface area contributed by atoms with Crippen LogP contribution in [0.25, 0.3) is 0 Å². The van der Waals surface area contributed by atoms with Gasteiger partial charge in [-0.25, -0.2) is 8.42 Å². The van der Waals surface area contributed by atoms with Gasteiger partial charge in [0.2, 0.25) is 0 Å². The van der Waals surface area contributed by atoms with Crippen LogP contribution in [0.5, 0.6) is 0 Å². The number of halogens is 1. The van der Waals surface area contributed by atoms with Gasteiger partial charge in [-0.3, -0.25) is 4.79 Å². The summed E-state index contributed by atoms with van der Waals surface area (Å²) in [6.45, 7) is 3.87. The average molecular weight is 338 g/mol. The van der Waals surface area contributed by atoms with Crippen LogP contribution < -0.4 is 5.32 Å². The third kappa shape index (κ3) is 3.87. The summed E-state index contributed by atoms with van der Waals surface area (Å²) in [5, 5.41) is 2.86. The standard InChI is InChI=1S/C16H16ClNO3S/c1-10-6-11(2)8-13(7-10)18-16(19)12-4-5-14(17)15(9-12)22(3,20)21/h4-9H,1-3H3,(H,18,19). The highest BCUT2D eigenvalue weighted by atomic mass is 35.5. The van der Waals surface area contributed by atoms with Gasteiger partial charge in [0.25, 0.3) is 5.91 Å². The van der Waals surface area contributed by atoms with E-state index in [9.17, 15) is 13.2 Å². The highest BCUT2D eigenvalue weighted by Crippen LogP contribution is 2.23. The molecule has 0 bridgehead atoms. The number of amides is 1. The van der Waals surface area contributed by atoms with Crippen molar-refractivity contribution in [2.75, 3.05) is 11.6 Å². The molecule has 2 aromatic rings. The summed E-state index contributed by atoms with van der Waals surface area (Å²) in [7, 11) is -3.49. The summed E-state index contributed by atoms with van der Waals surface area (Å²) in [5.74, 6) is -0.383. The Morgan fingerprint density at radius 2 is 1.64 bits per heavy atom. The molecule has 116 valence electrons. The smallest absolute Gasteiger partial charge is 0.255 e. The van der Waals surface area contributed by atoms with Crippen molar-refractivity contribution in [3.05, 3.63) is 58.1 Å². The molecule has 0 atom stereocenters. The third-order valence-electron chi connectivity index (χ3n) is 3.07. The molecule has 1 N–H and O–H groups in total. The molecule has 0 radical (unpaired) electrons. The van der Waals surface area contributed by atoms with Crippen molar-refractivity contribution < 1.29 is 13.2 Å². The van der Waals surface area contributed by atoms with Gasteiger partial charge < -0.3 is 5.32 Å². The van der Waals surface area contributed by atoms with Gasteiger partial charge in [0.05, 0.1) is 9.92 Å². The lowest BCUT2D eigenvalue weighted by atomic mass is 10.1. The lowest BCUT2D eigenvalue weighted by Gasteiger charge is -2.09. The van der Waals surface area contributed by atoms with Crippen LogP contribution in [0.1, 0.15) is 21.5 Å². The summed E-state index contributed by atoms with van der Waals surface area (Å²) in [6, 6.07) is 9.88. The van der Waals surface area contributed by atoms with Crippen LogP contribution in [-0.4, -0.2) is 20.6 Å². The van der Waals surface area contributed by atoms with E-state index in [0.717, 1.165) is 17.4 Å². The van der Waals surface area contributed by atoms with E-state index in [-0.39, 0.29) is 21.4 Å². The minimum atomic E-state index is -3.49. The molecule has 0 saturated carbocycles. The summed E-state index contributed by atoms with van der Waals surface area (Å²) >= 11 is 5.88. The second-order valence-corrected chi connectivity index (χ2v) is 7.64. The quantitative estimate of drug-likeness (QED) is 0.930. The molecule has 1 amide bonds. The number of benzene rings is 2. The first-order chi connectivity index (χ1) is 10.2. The Bertz CT molecular complexity index is 824. The minimum Gasteiger partial charge on any atom is -0.322 e. The Kier molecular flexibility index (Phi) is 4.58. The zero-order valence-corrected chi connectivity index (χ0v) is 14.0. The van der Waals surface area contributed by atoms with E-state index >= 15 is 0 Å². The van der Waals surface area contributed by atoms with Gasteiger partial charge in [-0.1, -0.05) is 17.7 Å². The lowest BCUT2D eigenvalue weighted by Crippen LogP contribution is -2.13. The maximum absolute atomic E-state index is 12.3. The highest BCUT2D eigenvalue weighted by Gasteiger charge is 2.16. The molecule has 0 unspecified atom stereocenters. The number of hydrogen-bond acceptors (Lipinski definition) is 3. The normalized spacial score (nSPS) is 11.3. The fraction of sp³-hybridized carbons (Fsp3) is 0.188. The first-order valence-electron chi connectivity index (χ1n) is 6.56. The Balaban J connectivity index is 2.34. The third-order valence-corrected chi connectivity index (χ3v) is 4.65. The molecular weight excluding hydrogens is 322 g/mol. The molecule has 0 aliphatic heterocycles. The molecular formula is C16H16ClNO3S. The molecule has 0 spiro atoms. The van der Waals surface area contributed by atoms with Crippen LogP contribution in [0.4, 0.5) is 5.69 Å². The van der Waals surface area contributed by atoms with Crippen molar-refractivity contribution in [3.8, 4) is 0 Å². The van der Waals surface area contributed by atoms with Gasteiger partial charge in [-0.05, 0) is 55.3 Å². The molecule has 2 rings (SSSR count). The number of nitrogens with one attached hydrogen (secondary N) is 1. The van der Waals surface area contributed by atoms with Crippen molar-refractivity contribution in [2.24, 2.45) is 0 Å². The van der Waals surface area contributed by atoms with Gasteiger partial charge in [0.15, 0.2) is 9.84 Å². The largest absolute Gasteiger partial charge is 0.322 e. The molecule has 4 nitrogen and oxygen atoms in total. The van der Waals surface area contributed by atoms with Crippen molar-refractivity contribution in [1.29, 1.82) is 0 Å². The summed E-state index contributed by atoms with van der Waals surface area (Å²) in [5.41, 5.74) is 2.97. The average Bonchev–Trinajstić information content (AvgIpc) is 2.36. The van der Waals surface area contributed by atoms with E-state index in [1.165, 1.54) is 18.2 Å². The fourth-order valence-corrected chi connectivity index (χ4v) is 3.48. The fourth-order valence-electron chi connectivity index (χ4n) is 2.18. The van der Waals surface area contributed by atoms with Crippen LogP contribution in [0.15, 0.2) is 41.3 Å². The second-order valence-electron chi connectivity index (χ2n) is 5.25. The van der Waals surface area contributed by atoms with Crippen LogP contribution in [0.3, 0.4) is 0 Å². The molecule has 0 aliphatic carbocycles. The van der Waals surface area contributed by atoms with E-state index in [1.807, 2.05) is 32.0 Å². The van der Waals surface area contributed by atoms with Crippen molar-refractivity contribution in [1.82, 2.24) is 0 Å². The zero-order valence-electron chi connectivity index (χ0n) is 12.5. The Hall–Kier alpha value is -1.85.